The molecule has 0 spiro atoms. The first-order valence-electron chi connectivity index (χ1n) is 7.87. The Labute approximate surface area is 139 Å². The molecule has 3 aromatic carbocycles. The summed E-state index contributed by atoms with van der Waals surface area (Å²) in [5.41, 5.74) is 2.49. The van der Waals surface area contributed by atoms with Crippen molar-refractivity contribution in [1.29, 1.82) is 0 Å². The number of aryl methyl sites for hydroxylation is 1. The molecule has 1 nitrogen and oxygen atoms in total. The summed E-state index contributed by atoms with van der Waals surface area (Å²) in [4.78, 5) is 0. The molecule has 116 valence electrons. The van der Waals surface area contributed by atoms with Crippen molar-refractivity contribution in [3.05, 3.63) is 96.1 Å². The first-order chi connectivity index (χ1) is 11.2. The largest absolute Gasteiger partial charge is 0.342 e. The predicted molar refractivity (Wildman–Crippen MR) is 99.8 cm³/mol. The average Bonchev–Trinajstić information content (AvgIpc) is 2.61. The smallest absolute Gasteiger partial charge is 0.0926 e. The standard InChI is InChI=1S/C21H21OP/c1-17-13-15-19(16-14-17)18(2)22-23(20-9-5-3-6-10-20)21-11-7-4-8-12-21/h3-16,18H,1-2H3/t18-/m0/s1. The average molecular weight is 320 g/mol. The van der Waals surface area contributed by atoms with Crippen molar-refractivity contribution in [2.45, 2.75) is 20.0 Å². The van der Waals surface area contributed by atoms with Crippen LogP contribution in [-0.4, -0.2) is 0 Å². The number of hydrogen-bond donors (Lipinski definition) is 0. The molecule has 0 heterocycles. The van der Waals surface area contributed by atoms with E-state index in [4.69, 9.17) is 4.52 Å². The molecule has 0 unspecified atom stereocenters. The molecule has 2 heteroatoms. The third-order valence-corrected chi connectivity index (χ3v) is 5.85. The lowest BCUT2D eigenvalue weighted by molar-refractivity contribution is 0.261. The Bertz CT molecular complexity index is 683. The van der Waals surface area contributed by atoms with Gasteiger partial charge in [0.15, 0.2) is 0 Å². The van der Waals surface area contributed by atoms with Gasteiger partial charge in [-0.05, 0) is 19.4 Å². The van der Waals surface area contributed by atoms with Crippen LogP contribution in [0.5, 0.6) is 0 Å². The summed E-state index contributed by atoms with van der Waals surface area (Å²) >= 11 is 0. The van der Waals surface area contributed by atoms with E-state index in [0.717, 1.165) is 0 Å². The minimum Gasteiger partial charge on any atom is -0.342 e. The molecule has 0 aromatic heterocycles. The van der Waals surface area contributed by atoms with E-state index in [1.807, 2.05) is 12.1 Å². The molecule has 0 aliphatic heterocycles. The summed E-state index contributed by atoms with van der Waals surface area (Å²) < 4.78 is 6.51. The van der Waals surface area contributed by atoms with Gasteiger partial charge in [0.25, 0.3) is 0 Å². The molecular weight excluding hydrogens is 299 g/mol. The second-order valence-corrected chi connectivity index (χ2v) is 7.46. The van der Waals surface area contributed by atoms with E-state index in [0.29, 0.717) is 0 Å². The topological polar surface area (TPSA) is 9.23 Å². The molecule has 0 N–H and O–H groups in total. The van der Waals surface area contributed by atoms with Gasteiger partial charge in [-0.3, -0.25) is 0 Å². The molecule has 0 fully saturated rings. The molecular formula is C21H21OP. The van der Waals surface area contributed by atoms with Crippen molar-refractivity contribution in [3.63, 3.8) is 0 Å². The highest BCUT2D eigenvalue weighted by molar-refractivity contribution is 7.68. The van der Waals surface area contributed by atoms with Crippen LogP contribution >= 0.6 is 8.15 Å². The maximum Gasteiger partial charge on any atom is 0.0926 e. The van der Waals surface area contributed by atoms with E-state index in [-0.39, 0.29) is 6.10 Å². The molecule has 0 saturated carbocycles. The number of rotatable bonds is 5. The van der Waals surface area contributed by atoms with Crippen molar-refractivity contribution < 1.29 is 4.52 Å². The van der Waals surface area contributed by atoms with Crippen LogP contribution in [0.4, 0.5) is 0 Å². The minimum atomic E-state index is -0.822. The highest BCUT2D eigenvalue weighted by atomic mass is 31.1. The quantitative estimate of drug-likeness (QED) is 0.593. The third-order valence-electron chi connectivity index (χ3n) is 3.79. The van der Waals surface area contributed by atoms with Crippen molar-refractivity contribution in [2.75, 3.05) is 0 Å². The fourth-order valence-corrected chi connectivity index (χ4v) is 4.32. The summed E-state index contributed by atoms with van der Waals surface area (Å²) in [5, 5.41) is 2.49. The Kier molecular flexibility index (Phi) is 5.23. The molecule has 1 atom stereocenters. The minimum absolute atomic E-state index is 0.0575. The fourth-order valence-electron chi connectivity index (χ4n) is 2.45. The maximum atomic E-state index is 6.51. The third kappa shape index (κ3) is 4.07. The number of benzene rings is 3. The van der Waals surface area contributed by atoms with E-state index >= 15 is 0 Å². The van der Waals surface area contributed by atoms with Crippen LogP contribution in [0.25, 0.3) is 0 Å². The van der Waals surface area contributed by atoms with Gasteiger partial charge in [0.1, 0.15) is 0 Å². The molecule has 0 saturated heterocycles. The fraction of sp³-hybridized carbons (Fsp3) is 0.143. The second-order valence-electron chi connectivity index (χ2n) is 5.62. The van der Waals surface area contributed by atoms with E-state index < -0.39 is 8.15 Å². The van der Waals surface area contributed by atoms with E-state index in [1.165, 1.54) is 21.7 Å². The van der Waals surface area contributed by atoms with Gasteiger partial charge in [0, 0.05) is 10.6 Å². The number of hydrogen-bond acceptors (Lipinski definition) is 1. The van der Waals surface area contributed by atoms with Gasteiger partial charge < -0.3 is 4.52 Å². The van der Waals surface area contributed by atoms with Crippen molar-refractivity contribution in [3.8, 4) is 0 Å². The Morgan fingerprint density at radius 1 is 0.696 bits per heavy atom. The van der Waals surface area contributed by atoms with Gasteiger partial charge in [-0.2, -0.15) is 0 Å². The van der Waals surface area contributed by atoms with Crippen molar-refractivity contribution in [2.24, 2.45) is 0 Å². The van der Waals surface area contributed by atoms with Gasteiger partial charge in [0.2, 0.25) is 0 Å². The van der Waals surface area contributed by atoms with Crippen LogP contribution in [0, 0.1) is 6.92 Å². The van der Waals surface area contributed by atoms with Crippen LogP contribution in [0.3, 0.4) is 0 Å². The Morgan fingerprint density at radius 2 is 1.17 bits per heavy atom. The van der Waals surface area contributed by atoms with Gasteiger partial charge in [-0.1, -0.05) is 90.5 Å². The highest BCUT2D eigenvalue weighted by Gasteiger charge is 2.19. The molecule has 0 aliphatic rings. The monoisotopic (exact) mass is 320 g/mol. The SMILES string of the molecule is Cc1ccc([C@H](C)OP(c2ccccc2)c2ccccc2)cc1. The van der Waals surface area contributed by atoms with E-state index in [9.17, 15) is 0 Å². The van der Waals surface area contributed by atoms with Gasteiger partial charge >= 0.3 is 0 Å². The van der Waals surface area contributed by atoms with Gasteiger partial charge in [-0.25, -0.2) is 0 Å². The molecule has 0 radical (unpaired) electrons. The summed E-state index contributed by atoms with van der Waals surface area (Å²) in [6.45, 7) is 4.24. The lowest BCUT2D eigenvalue weighted by Gasteiger charge is -2.23. The van der Waals surface area contributed by atoms with Crippen molar-refractivity contribution in [1.82, 2.24) is 0 Å². The van der Waals surface area contributed by atoms with Gasteiger partial charge in [-0.15, -0.1) is 0 Å². The Balaban J connectivity index is 1.88. The van der Waals surface area contributed by atoms with E-state index in [1.54, 1.807) is 0 Å². The van der Waals surface area contributed by atoms with Crippen LogP contribution in [0.1, 0.15) is 24.2 Å². The maximum absolute atomic E-state index is 6.51. The highest BCUT2D eigenvalue weighted by Crippen LogP contribution is 2.40. The lowest BCUT2D eigenvalue weighted by atomic mass is 10.1. The van der Waals surface area contributed by atoms with Gasteiger partial charge in [0.05, 0.1) is 14.3 Å². The lowest BCUT2D eigenvalue weighted by Crippen LogP contribution is -2.15. The molecule has 0 amide bonds. The van der Waals surface area contributed by atoms with Crippen LogP contribution in [-0.2, 0) is 4.52 Å². The molecule has 0 bridgehead atoms. The summed E-state index contributed by atoms with van der Waals surface area (Å²) in [6.07, 6.45) is 0.0575. The zero-order valence-electron chi connectivity index (χ0n) is 13.5. The molecule has 0 aliphatic carbocycles. The Hall–Kier alpha value is -1.95. The summed E-state index contributed by atoms with van der Waals surface area (Å²) in [6, 6.07) is 29.6. The summed E-state index contributed by atoms with van der Waals surface area (Å²) in [7, 11) is -0.822. The van der Waals surface area contributed by atoms with Crippen molar-refractivity contribution >= 4 is 18.8 Å². The first-order valence-corrected chi connectivity index (χ1v) is 9.13. The predicted octanol–water partition coefficient (Wildman–Crippen LogP) is 5.12. The second kappa shape index (κ2) is 7.55. The Morgan fingerprint density at radius 3 is 1.65 bits per heavy atom. The zero-order chi connectivity index (χ0) is 16.1. The van der Waals surface area contributed by atoms with E-state index in [2.05, 4.69) is 86.6 Å². The first kappa shape index (κ1) is 15.9. The summed E-state index contributed by atoms with van der Waals surface area (Å²) in [5.74, 6) is 0. The van der Waals surface area contributed by atoms with Crippen LogP contribution in [0.15, 0.2) is 84.9 Å². The van der Waals surface area contributed by atoms with Crippen LogP contribution < -0.4 is 10.6 Å². The normalized spacial score (nSPS) is 12.3. The molecule has 23 heavy (non-hydrogen) atoms. The molecule has 3 aromatic rings. The van der Waals surface area contributed by atoms with Crippen LogP contribution in [0.2, 0.25) is 0 Å². The molecule has 3 rings (SSSR count). The zero-order valence-corrected chi connectivity index (χ0v) is 14.4.